The largest absolute Gasteiger partial charge is 0.466 e. The summed E-state index contributed by atoms with van der Waals surface area (Å²) in [5.41, 5.74) is 0.561. The third kappa shape index (κ3) is 2.50. The standard InChI is InChI=1S/C15H13ClN4O4/c1-23-13(21)10-11(8-5-3-4-6-9(8)16)19-15-17-7-18-20(15)12(10)14(22)24-2/h3-7,11H,1-2H3,(H,17,18,19). The van der Waals surface area contributed by atoms with Crippen LogP contribution in [0.25, 0.3) is 5.70 Å². The first-order valence-corrected chi connectivity index (χ1v) is 7.28. The van der Waals surface area contributed by atoms with E-state index in [0.717, 1.165) is 0 Å². The lowest BCUT2D eigenvalue weighted by atomic mass is 9.95. The lowest BCUT2D eigenvalue weighted by Gasteiger charge is -2.28. The van der Waals surface area contributed by atoms with Gasteiger partial charge in [-0.1, -0.05) is 29.8 Å². The van der Waals surface area contributed by atoms with Crippen molar-refractivity contribution in [2.75, 3.05) is 19.5 Å². The molecule has 2 heterocycles. The van der Waals surface area contributed by atoms with Crippen molar-refractivity contribution in [2.45, 2.75) is 6.04 Å². The molecule has 2 aromatic rings. The zero-order valence-electron chi connectivity index (χ0n) is 12.8. The van der Waals surface area contributed by atoms with Crippen molar-refractivity contribution in [3.63, 3.8) is 0 Å². The number of methoxy groups -OCH3 is 2. The molecule has 1 atom stereocenters. The summed E-state index contributed by atoms with van der Waals surface area (Å²) in [6, 6.07) is 6.22. The highest BCUT2D eigenvalue weighted by Gasteiger charge is 2.38. The first-order chi connectivity index (χ1) is 11.6. The Balaban J connectivity index is 2.28. The van der Waals surface area contributed by atoms with E-state index in [2.05, 4.69) is 15.4 Å². The van der Waals surface area contributed by atoms with E-state index >= 15 is 0 Å². The highest BCUT2D eigenvalue weighted by Crippen LogP contribution is 2.38. The van der Waals surface area contributed by atoms with Crippen LogP contribution >= 0.6 is 11.6 Å². The van der Waals surface area contributed by atoms with E-state index in [-0.39, 0.29) is 17.2 Å². The molecule has 0 aliphatic carbocycles. The Morgan fingerprint density at radius 1 is 1.21 bits per heavy atom. The highest BCUT2D eigenvalue weighted by molar-refractivity contribution is 6.31. The average Bonchev–Trinajstić information content (AvgIpc) is 3.07. The summed E-state index contributed by atoms with van der Waals surface area (Å²) >= 11 is 6.26. The summed E-state index contributed by atoms with van der Waals surface area (Å²) in [6.07, 6.45) is 1.26. The fourth-order valence-electron chi connectivity index (χ4n) is 2.52. The van der Waals surface area contributed by atoms with Gasteiger partial charge in [0.15, 0.2) is 5.70 Å². The molecule has 1 aromatic carbocycles. The molecular weight excluding hydrogens is 336 g/mol. The Labute approximate surface area is 142 Å². The van der Waals surface area contributed by atoms with Gasteiger partial charge < -0.3 is 14.8 Å². The van der Waals surface area contributed by atoms with Gasteiger partial charge in [-0.2, -0.15) is 14.8 Å². The molecule has 9 heteroatoms. The van der Waals surface area contributed by atoms with E-state index in [1.165, 1.54) is 25.2 Å². The number of benzene rings is 1. The minimum Gasteiger partial charge on any atom is -0.466 e. The fraction of sp³-hybridized carbons (Fsp3) is 0.200. The number of anilines is 1. The van der Waals surface area contributed by atoms with Gasteiger partial charge in [0.2, 0.25) is 5.95 Å². The van der Waals surface area contributed by atoms with Crippen molar-refractivity contribution in [2.24, 2.45) is 0 Å². The molecule has 24 heavy (non-hydrogen) atoms. The zero-order valence-corrected chi connectivity index (χ0v) is 13.6. The van der Waals surface area contributed by atoms with Crippen LogP contribution in [-0.2, 0) is 19.1 Å². The molecule has 1 aromatic heterocycles. The van der Waals surface area contributed by atoms with Gasteiger partial charge in [-0.25, -0.2) is 9.59 Å². The summed E-state index contributed by atoms with van der Waals surface area (Å²) in [6.45, 7) is 0. The quantitative estimate of drug-likeness (QED) is 0.842. The number of hydrogen-bond acceptors (Lipinski definition) is 7. The Bertz CT molecular complexity index is 846. The van der Waals surface area contributed by atoms with Crippen LogP contribution in [0.5, 0.6) is 0 Å². The molecule has 0 fully saturated rings. The van der Waals surface area contributed by atoms with Crippen LogP contribution in [0.15, 0.2) is 36.2 Å². The third-order valence-corrected chi connectivity index (χ3v) is 3.92. The van der Waals surface area contributed by atoms with Crippen molar-refractivity contribution < 1.29 is 19.1 Å². The van der Waals surface area contributed by atoms with E-state index in [1.54, 1.807) is 24.3 Å². The molecule has 1 N–H and O–H groups in total. The number of rotatable bonds is 3. The maximum absolute atomic E-state index is 12.4. The molecule has 1 unspecified atom stereocenters. The van der Waals surface area contributed by atoms with Crippen LogP contribution in [0, 0.1) is 0 Å². The van der Waals surface area contributed by atoms with E-state index in [1.807, 2.05) is 0 Å². The molecular formula is C15H13ClN4O4. The molecule has 0 spiro atoms. The number of carbonyl (C=O) groups excluding carboxylic acids is 2. The van der Waals surface area contributed by atoms with Gasteiger partial charge in [-0.15, -0.1) is 0 Å². The number of fused-ring (bicyclic) bond motifs is 1. The van der Waals surface area contributed by atoms with Gasteiger partial charge >= 0.3 is 11.9 Å². The van der Waals surface area contributed by atoms with Crippen LogP contribution in [0.1, 0.15) is 11.6 Å². The summed E-state index contributed by atoms with van der Waals surface area (Å²) in [7, 11) is 2.44. The van der Waals surface area contributed by atoms with Gasteiger partial charge in [-0.3, -0.25) is 0 Å². The molecule has 124 valence electrons. The number of carbonyl (C=O) groups is 2. The molecule has 0 bridgehead atoms. The fourth-order valence-corrected chi connectivity index (χ4v) is 2.76. The predicted octanol–water partition coefficient (Wildman–Crippen LogP) is 1.66. The van der Waals surface area contributed by atoms with Gasteiger partial charge in [0, 0.05) is 5.02 Å². The lowest BCUT2D eigenvalue weighted by Crippen LogP contribution is -2.32. The Morgan fingerprint density at radius 3 is 2.58 bits per heavy atom. The van der Waals surface area contributed by atoms with Gasteiger partial charge in [0.05, 0.1) is 25.8 Å². The molecule has 0 saturated heterocycles. The monoisotopic (exact) mass is 348 g/mol. The Kier molecular flexibility index (Phi) is 4.22. The number of halogens is 1. The van der Waals surface area contributed by atoms with Gasteiger partial charge in [0.25, 0.3) is 0 Å². The van der Waals surface area contributed by atoms with E-state index in [9.17, 15) is 9.59 Å². The van der Waals surface area contributed by atoms with Crippen LogP contribution in [0.4, 0.5) is 5.95 Å². The molecule has 0 saturated carbocycles. The predicted molar refractivity (Wildman–Crippen MR) is 85.1 cm³/mol. The molecule has 1 aliphatic heterocycles. The summed E-state index contributed by atoms with van der Waals surface area (Å²) in [5.74, 6) is -1.15. The second-order valence-corrected chi connectivity index (χ2v) is 5.25. The van der Waals surface area contributed by atoms with E-state index < -0.39 is 18.0 Å². The normalized spacial score (nSPS) is 16.2. The molecule has 3 rings (SSSR count). The number of nitrogens with zero attached hydrogens (tertiary/aromatic N) is 3. The van der Waals surface area contributed by atoms with Crippen LogP contribution in [-0.4, -0.2) is 40.9 Å². The summed E-state index contributed by atoms with van der Waals surface area (Å²) in [4.78, 5) is 28.7. The molecule has 0 amide bonds. The maximum Gasteiger partial charge on any atom is 0.357 e. The lowest BCUT2D eigenvalue weighted by molar-refractivity contribution is -0.138. The minimum absolute atomic E-state index is 0.0375. The molecule has 0 radical (unpaired) electrons. The van der Waals surface area contributed by atoms with Crippen LogP contribution in [0.3, 0.4) is 0 Å². The first kappa shape index (κ1) is 16.0. The number of ether oxygens (including phenoxy) is 2. The summed E-state index contributed by atoms with van der Waals surface area (Å²) < 4.78 is 10.8. The SMILES string of the molecule is COC(=O)C1=C(C(=O)OC)n2ncnc2NC1c1ccccc1Cl. The zero-order chi connectivity index (χ0) is 17.3. The van der Waals surface area contributed by atoms with Crippen LogP contribution in [0.2, 0.25) is 5.02 Å². The number of esters is 2. The molecule has 8 nitrogen and oxygen atoms in total. The topological polar surface area (TPSA) is 95.3 Å². The van der Waals surface area contributed by atoms with Crippen molar-refractivity contribution in [1.29, 1.82) is 0 Å². The van der Waals surface area contributed by atoms with Gasteiger partial charge in [0.1, 0.15) is 6.33 Å². The van der Waals surface area contributed by atoms with Crippen molar-refractivity contribution in [3.8, 4) is 0 Å². The highest BCUT2D eigenvalue weighted by atomic mass is 35.5. The number of aromatic nitrogens is 3. The smallest absolute Gasteiger partial charge is 0.357 e. The second-order valence-electron chi connectivity index (χ2n) is 4.84. The number of nitrogens with one attached hydrogen (secondary N) is 1. The van der Waals surface area contributed by atoms with Crippen LogP contribution < -0.4 is 5.32 Å². The Hall–Kier alpha value is -2.87. The van der Waals surface area contributed by atoms with Gasteiger partial charge in [-0.05, 0) is 11.6 Å². The minimum atomic E-state index is -0.739. The molecule has 1 aliphatic rings. The Morgan fingerprint density at radius 2 is 1.92 bits per heavy atom. The van der Waals surface area contributed by atoms with E-state index in [0.29, 0.717) is 10.6 Å². The van der Waals surface area contributed by atoms with Crippen molar-refractivity contribution in [1.82, 2.24) is 14.8 Å². The second kappa shape index (κ2) is 6.32. The van der Waals surface area contributed by atoms with Crippen molar-refractivity contribution in [3.05, 3.63) is 46.8 Å². The van der Waals surface area contributed by atoms with Crippen molar-refractivity contribution >= 4 is 35.2 Å². The average molecular weight is 349 g/mol. The van der Waals surface area contributed by atoms with E-state index in [4.69, 9.17) is 21.1 Å². The first-order valence-electron chi connectivity index (χ1n) is 6.90. The maximum atomic E-state index is 12.4. The third-order valence-electron chi connectivity index (χ3n) is 3.58. The summed E-state index contributed by atoms with van der Waals surface area (Å²) in [5, 5.41) is 7.44. The number of hydrogen-bond donors (Lipinski definition) is 1.